The SMILES string of the molecule is Cc1nc(CCNC2CCCC2C2CCCCN2)no1. The molecule has 3 atom stereocenters. The normalized spacial score (nSPS) is 30.8. The lowest BCUT2D eigenvalue weighted by atomic mass is 9.88. The van der Waals surface area contributed by atoms with E-state index in [-0.39, 0.29) is 0 Å². The van der Waals surface area contributed by atoms with Gasteiger partial charge in [-0.05, 0) is 38.1 Å². The monoisotopic (exact) mass is 278 g/mol. The Labute approximate surface area is 120 Å². The molecule has 0 aromatic carbocycles. The lowest BCUT2D eigenvalue weighted by Gasteiger charge is -2.33. The van der Waals surface area contributed by atoms with Crippen LogP contribution in [0.4, 0.5) is 0 Å². The number of hydrogen-bond acceptors (Lipinski definition) is 5. The van der Waals surface area contributed by atoms with Gasteiger partial charge in [0.15, 0.2) is 5.82 Å². The Balaban J connectivity index is 1.46. The molecule has 2 aliphatic rings. The van der Waals surface area contributed by atoms with E-state index in [0.29, 0.717) is 11.9 Å². The van der Waals surface area contributed by atoms with E-state index in [1.807, 2.05) is 6.92 Å². The molecule has 3 unspecified atom stereocenters. The van der Waals surface area contributed by atoms with E-state index in [0.717, 1.165) is 30.7 Å². The standard InChI is InChI=1S/C15H26N4O/c1-11-18-15(19-20-11)8-10-17-14-7-4-5-12(14)13-6-2-3-9-16-13/h12-14,16-17H,2-10H2,1H3. The van der Waals surface area contributed by atoms with Crippen LogP contribution in [0.5, 0.6) is 0 Å². The third-order valence-corrected chi connectivity index (χ3v) is 4.76. The van der Waals surface area contributed by atoms with Gasteiger partial charge < -0.3 is 15.2 Å². The van der Waals surface area contributed by atoms with Crippen molar-refractivity contribution in [1.82, 2.24) is 20.8 Å². The van der Waals surface area contributed by atoms with E-state index >= 15 is 0 Å². The summed E-state index contributed by atoms with van der Waals surface area (Å²) in [5, 5.41) is 11.4. The van der Waals surface area contributed by atoms with Gasteiger partial charge >= 0.3 is 0 Å². The van der Waals surface area contributed by atoms with Gasteiger partial charge in [-0.3, -0.25) is 0 Å². The molecule has 5 heteroatoms. The summed E-state index contributed by atoms with van der Waals surface area (Å²) in [5.41, 5.74) is 0. The van der Waals surface area contributed by atoms with Crippen molar-refractivity contribution >= 4 is 0 Å². The van der Waals surface area contributed by atoms with Crippen LogP contribution in [-0.2, 0) is 6.42 Å². The lowest BCUT2D eigenvalue weighted by molar-refractivity contribution is 0.258. The molecule has 5 nitrogen and oxygen atoms in total. The van der Waals surface area contributed by atoms with Gasteiger partial charge in [0.2, 0.25) is 5.89 Å². The highest BCUT2D eigenvalue weighted by Gasteiger charge is 2.33. The molecule has 1 aliphatic heterocycles. The number of hydrogen-bond donors (Lipinski definition) is 2. The van der Waals surface area contributed by atoms with Crippen molar-refractivity contribution in [1.29, 1.82) is 0 Å². The fraction of sp³-hybridized carbons (Fsp3) is 0.867. The van der Waals surface area contributed by atoms with Crippen LogP contribution in [0.25, 0.3) is 0 Å². The first kappa shape index (κ1) is 14.0. The molecular formula is C15H26N4O. The Morgan fingerprint density at radius 3 is 2.95 bits per heavy atom. The average molecular weight is 278 g/mol. The first-order valence-corrected chi connectivity index (χ1v) is 8.09. The van der Waals surface area contributed by atoms with Crippen LogP contribution in [0.1, 0.15) is 50.2 Å². The van der Waals surface area contributed by atoms with Gasteiger partial charge in [0.1, 0.15) is 0 Å². The van der Waals surface area contributed by atoms with E-state index in [9.17, 15) is 0 Å². The Morgan fingerprint density at radius 2 is 2.20 bits per heavy atom. The zero-order valence-corrected chi connectivity index (χ0v) is 12.4. The van der Waals surface area contributed by atoms with Crippen molar-refractivity contribution in [2.45, 2.75) is 64.0 Å². The van der Waals surface area contributed by atoms with E-state index < -0.39 is 0 Å². The Morgan fingerprint density at radius 1 is 1.25 bits per heavy atom. The fourth-order valence-corrected chi connectivity index (χ4v) is 3.78. The van der Waals surface area contributed by atoms with Gasteiger partial charge in [0.05, 0.1) is 0 Å². The number of rotatable bonds is 5. The van der Waals surface area contributed by atoms with Gasteiger partial charge in [0, 0.05) is 32.0 Å². The molecule has 0 bridgehead atoms. The van der Waals surface area contributed by atoms with Gasteiger partial charge in [0.25, 0.3) is 0 Å². The topological polar surface area (TPSA) is 63.0 Å². The maximum atomic E-state index is 5.00. The number of aromatic nitrogens is 2. The van der Waals surface area contributed by atoms with Crippen molar-refractivity contribution in [2.24, 2.45) is 5.92 Å². The Hall–Kier alpha value is -0.940. The van der Waals surface area contributed by atoms with Crippen LogP contribution in [0.15, 0.2) is 4.52 Å². The average Bonchev–Trinajstić information content (AvgIpc) is 3.09. The van der Waals surface area contributed by atoms with Crippen molar-refractivity contribution < 1.29 is 4.52 Å². The van der Waals surface area contributed by atoms with Gasteiger partial charge in [-0.2, -0.15) is 4.98 Å². The van der Waals surface area contributed by atoms with Crippen LogP contribution >= 0.6 is 0 Å². The minimum absolute atomic E-state index is 0.658. The van der Waals surface area contributed by atoms with E-state index in [1.54, 1.807) is 0 Å². The van der Waals surface area contributed by atoms with Crippen LogP contribution in [0, 0.1) is 12.8 Å². The second-order valence-electron chi connectivity index (χ2n) is 6.19. The fourth-order valence-electron chi connectivity index (χ4n) is 3.78. The zero-order valence-electron chi connectivity index (χ0n) is 12.4. The third-order valence-electron chi connectivity index (χ3n) is 4.76. The number of nitrogens with one attached hydrogen (secondary N) is 2. The minimum atomic E-state index is 0.658. The molecule has 3 rings (SSSR count). The Bertz CT molecular complexity index is 414. The molecule has 112 valence electrons. The van der Waals surface area contributed by atoms with Gasteiger partial charge in [-0.1, -0.05) is 18.0 Å². The zero-order chi connectivity index (χ0) is 13.8. The summed E-state index contributed by atoms with van der Waals surface area (Å²) in [6.45, 7) is 3.99. The van der Waals surface area contributed by atoms with Crippen molar-refractivity contribution in [2.75, 3.05) is 13.1 Å². The van der Waals surface area contributed by atoms with E-state index in [1.165, 1.54) is 45.1 Å². The predicted molar refractivity (Wildman–Crippen MR) is 77.5 cm³/mol. The first-order chi connectivity index (χ1) is 9.83. The first-order valence-electron chi connectivity index (χ1n) is 8.09. The van der Waals surface area contributed by atoms with Gasteiger partial charge in [-0.15, -0.1) is 0 Å². The molecule has 0 radical (unpaired) electrons. The van der Waals surface area contributed by atoms with Gasteiger partial charge in [-0.25, -0.2) is 0 Å². The molecule has 1 aromatic rings. The maximum absolute atomic E-state index is 5.00. The highest BCUT2D eigenvalue weighted by molar-refractivity contribution is 4.93. The largest absolute Gasteiger partial charge is 0.340 e. The van der Waals surface area contributed by atoms with Crippen LogP contribution in [0.2, 0.25) is 0 Å². The summed E-state index contributed by atoms with van der Waals surface area (Å²) in [6, 6.07) is 1.40. The smallest absolute Gasteiger partial charge is 0.223 e. The van der Waals surface area contributed by atoms with E-state index in [4.69, 9.17) is 4.52 Å². The second-order valence-corrected chi connectivity index (χ2v) is 6.19. The van der Waals surface area contributed by atoms with Crippen molar-refractivity contribution in [3.8, 4) is 0 Å². The summed E-state index contributed by atoms with van der Waals surface area (Å²) in [6.07, 6.45) is 9.00. The number of piperidine rings is 1. The summed E-state index contributed by atoms with van der Waals surface area (Å²) in [7, 11) is 0. The molecule has 1 saturated heterocycles. The second kappa shape index (κ2) is 6.68. The van der Waals surface area contributed by atoms with E-state index in [2.05, 4.69) is 20.8 Å². The molecule has 2 N–H and O–H groups in total. The van der Waals surface area contributed by atoms with Crippen LogP contribution < -0.4 is 10.6 Å². The summed E-state index contributed by atoms with van der Waals surface area (Å²) >= 11 is 0. The quantitative estimate of drug-likeness (QED) is 0.860. The summed E-state index contributed by atoms with van der Waals surface area (Å²) in [5.74, 6) is 2.28. The molecule has 20 heavy (non-hydrogen) atoms. The highest BCUT2D eigenvalue weighted by Crippen LogP contribution is 2.31. The number of aryl methyl sites for hydroxylation is 1. The van der Waals surface area contributed by atoms with Crippen LogP contribution in [-0.4, -0.2) is 35.3 Å². The molecule has 1 saturated carbocycles. The number of nitrogens with zero attached hydrogens (tertiary/aromatic N) is 2. The summed E-state index contributed by atoms with van der Waals surface area (Å²) in [4.78, 5) is 4.25. The molecule has 1 aromatic heterocycles. The molecule has 2 fully saturated rings. The van der Waals surface area contributed by atoms with Crippen molar-refractivity contribution in [3.63, 3.8) is 0 Å². The predicted octanol–water partition coefficient (Wildman–Crippen LogP) is 1.82. The molecule has 0 amide bonds. The third kappa shape index (κ3) is 3.38. The highest BCUT2D eigenvalue weighted by atomic mass is 16.5. The molecular weight excluding hydrogens is 252 g/mol. The Kier molecular flexibility index (Phi) is 4.68. The van der Waals surface area contributed by atoms with Crippen molar-refractivity contribution in [3.05, 3.63) is 11.7 Å². The molecule has 0 spiro atoms. The lowest BCUT2D eigenvalue weighted by Crippen LogP contribution is -2.47. The minimum Gasteiger partial charge on any atom is -0.340 e. The molecule has 1 aliphatic carbocycles. The maximum Gasteiger partial charge on any atom is 0.223 e. The van der Waals surface area contributed by atoms with Crippen LogP contribution in [0.3, 0.4) is 0 Å². The molecule has 2 heterocycles. The summed E-state index contributed by atoms with van der Waals surface area (Å²) < 4.78 is 5.00.